The highest BCUT2D eigenvalue weighted by Gasteiger charge is 2.29. The molecule has 0 saturated carbocycles. The maximum atomic E-state index is 11.9. The van der Waals surface area contributed by atoms with Gasteiger partial charge in [-0.05, 0) is 51.1 Å². The summed E-state index contributed by atoms with van der Waals surface area (Å²) in [4.78, 5) is 14.4. The highest BCUT2D eigenvalue weighted by Crippen LogP contribution is 2.21. The lowest BCUT2D eigenvalue weighted by Gasteiger charge is -2.35. The van der Waals surface area contributed by atoms with Crippen LogP contribution in [0.1, 0.15) is 39.5 Å². The van der Waals surface area contributed by atoms with Gasteiger partial charge >= 0.3 is 0 Å². The van der Waals surface area contributed by atoms with Crippen LogP contribution in [-0.2, 0) is 14.6 Å². The number of carbonyl (C=O) groups excluding carboxylic acids is 1. The Balaban J connectivity index is 1.67. The molecule has 2 saturated heterocycles. The molecule has 0 aromatic heterocycles. The molecule has 0 aromatic rings. The first-order valence-electron chi connectivity index (χ1n) is 8.07. The van der Waals surface area contributed by atoms with Crippen LogP contribution in [0.5, 0.6) is 0 Å². The predicted molar refractivity (Wildman–Crippen MR) is 83.8 cm³/mol. The first kappa shape index (κ1) is 16.7. The molecule has 0 aromatic carbocycles. The standard InChI is InChI=1S/C15H28N2O3S/c1-12-3-6-17(7-4-12)13(2)10-16-15(18)9-14-5-8-21(19,20)11-14/h12-14H,3-11H2,1-2H3,(H,16,18). The molecule has 1 amide bonds. The van der Waals surface area contributed by atoms with Crippen molar-refractivity contribution in [1.82, 2.24) is 10.2 Å². The first-order valence-corrected chi connectivity index (χ1v) is 9.89. The summed E-state index contributed by atoms with van der Waals surface area (Å²) in [5, 5.41) is 2.97. The number of rotatable bonds is 5. The third-order valence-electron chi connectivity index (χ3n) is 4.84. The van der Waals surface area contributed by atoms with Crippen molar-refractivity contribution in [2.24, 2.45) is 11.8 Å². The van der Waals surface area contributed by atoms with Gasteiger partial charge in [-0.15, -0.1) is 0 Å². The normalized spacial score (nSPS) is 28.4. The maximum Gasteiger partial charge on any atom is 0.220 e. The lowest BCUT2D eigenvalue weighted by Crippen LogP contribution is -2.45. The summed E-state index contributed by atoms with van der Waals surface area (Å²) in [6.07, 6.45) is 3.45. The summed E-state index contributed by atoms with van der Waals surface area (Å²) in [5.74, 6) is 1.25. The monoisotopic (exact) mass is 316 g/mol. The van der Waals surface area contributed by atoms with Crippen LogP contribution >= 0.6 is 0 Å². The van der Waals surface area contributed by atoms with Gasteiger partial charge in [-0.2, -0.15) is 0 Å². The highest BCUT2D eigenvalue weighted by molar-refractivity contribution is 7.91. The van der Waals surface area contributed by atoms with Crippen LogP contribution < -0.4 is 5.32 Å². The Labute approximate surface area is 128 Å². The summed E-state index contributed by atoms with van der Waals surface area (Å²) < 4.78 is 22.8. The number of amides is 1. The van der Waals surface area contributed by atoms with Gasteiger partial charge in [0.15, 0.2) is 9.84 Å². The largest absolute Gasteiger partial charge is 0.355 e. The number of sulfone groups is 1. The van der Waals surface area contributed by atoms with E-state index in [1.54, 1.807) is 0 Å². The van der Waals surface area contributed by atoms with E-state index in [4.69, 9.17) is 0 Å². The second kappa shape index (κ2) is 7.09. The van der Waals surface area contributed by atoms with Crippen LogP contribution in [0.15, 0.2) is 0 Å². The molecule has 0 bridgehead atoms. The van der Waals surface area contributed by atoms with Crippen molar-refractivity contribution in [2.45, 2.75) is 45.6 Å². The average Bonchev–Trinajstić information content (AvgIpc) is 2.76. The Hall–Kier alpha value is -0.620. The van der Waals surface area contributed by atoms with Crippen LogP contribution in [0, 0.1) is 11.8 Å². The molecule has 2 heterocycles. The summed E-state index contributed by atoms with van der Waals surface area (Å²) in [7, 11) is -2.88. The van der Waals surface area contributed by atoms with E-state index in [0.29, 0.717) is 25.4 Å². The van der Waals surface area contributed by atoms with Gasteiger partial charge in [0.25, 0.3) is 0 Å². The second-order valence-corrected chi connectivity index (χ2v) is 9.07. The molecule has 122 valence electrons. The zero-order valence-electron chi connectivity index (χ0n) is 13.2. The molecule has 2 unspecified atom stereocenters. The predicted octanol–water partition coefficient (Wildman–Crippen LogP) is 1.05. The smallest absolute Gasteiger partial charge is 0.220 e. The summed E-state index contributed by atoms with van der Waals surface area (Å²) >= 11 is 0. The fraction of sp³-hybridized carbons (Fsp3) is 0.933. The number of likely N-dealkylation sites (tertiary alicyclic amines) is 1. The molecule has 2 aliphatic heterocycles. The van der Waals surface area contributed by atoms with Gasteiger partial charge in [-0.3, -0.25) is 9.69 Å². The van der Waals surface area contributed by atoms with Crippen molar-refractivity contribution in [3.05, 3.63) is 0 Å². The third kappa shape index (κ3) is 5.25. The molecular formula is C15H28N2O3S. The molecule has 0 spiro atoms. The van der Waals surface area contributed by atoms with Crippen molar-refractivity contribution in [2.75, 3.05) is 31.1 Å². The third-order valence-corrected chi connectivity index (χ3v) is 6.67. The van der Waals surface area contributed by atoms with E-state index in [0.717, 1.165) is 19.0 Å². The summed E-state index contributed by atoms with van der Waals surface area (Å²) in [6.45, 7) is 7.32. The fourth-order valence-corrected chi connectivity index (χ4v) is 5.09. The summed E-state index contributed by atoms with van der Waals surface area (Å²) in [6, 6.07) is 0.355. The van der Waals surface area contributed by atoms with E-state index >= 15 is 0 Å². The number of nitrogens with one attached hydrogen (secondary N) is 1. The number of nitrogens with zero attached hydrogens (tertiary/aromatic N) is 1. The molecule has 2 rings (SSSR count). The number of piperidine rings is 1. The van der Waals surface area contributed by atoms with E-state index < -0.39 is 9.84 Å². The molecule has 21 heavy (non-hydrogen) atoms. The number of carbonyl (C=O) groups is 1. The van der Waals surface area contributed by atoms with Crippen LogP contribution in [0.4, 0.5) is 0 Å². The molecule has 0 aliphatic carbocycles. The van der Waals surface area contributed by atoms with Crippen molar-refractivity contribution in [1.29, 1.82) is 0 Å². The van der Waals surface area contributed by atoms with Gasteiger partial charge < -0.3 is 5.32 Å². The van der Waals surface area contributed by atoms with Crippen molar-refractivity contribution < 1.29 is 13.2 Å². The zero-order chi connectivity index (χ0) is 15.5. The Morgan fingerprint density at radius 3 is 2.52 bits per heavy atom. The molecular weight excluding hydrogens is 288 g/mol. The zero-order valence-corrected chi connectivity index (χ0v) is 14.0. The van der Waals surface area contributed by atoms with E-state index in [1.807, 2.05) is 0 Å². The van der Waals surface area contributed by atoms with Crippen molar-refractivity contribution >= 4 is 15.7 Å². The molecule has 6 heteroatoms. The van der Waals surface area contributed by atoms with Crippen LogP contribution in [0.2, 0.25) is 0 Å². The molecule has 5 nitrogen and oxygen atoms in total. The highest BCUT2D eigenvalue weighted by atomic mass is 32.2. The maximum absolute atomic E-state index is 11.9. The number of hydrogen-bond donors (Lipinski definition) is 1. The van der Waals surface area contributed by atoms with E-state index in [-0.39, 0.29) is 23.3 Å². The minimum atomic E-state index is -2.88. The quantitative estimate of drug-likeness (QED) is 0.823. The van der Waals surface area contributed by atoms with Gasteiger partial charge in [-0.1, -0.05) is 6.92 Å². The molecule has 2 aliphatic rings. The van der Waals surface area contributed by atoms with Crippen molar-refractivity contribution in [3.63, 3.8) is 0 Å². The molecule has 0 radical (unpaired) electrons. The van der Waals surface area contributed by atoms with Gasteiger partial charge in [0.05, 0.1) is 11.5 Å². The molecule has 2 fully saturated rings. The van der Waals surface area contributed by atoms with Crippen LogP contribution in [0.25, 0.3) is 0 Å². The minimum absolute atomic E-state index is 0.00525. The SMILES string of the molecule is CC1CCN(C(C)CNC(=O)CC2CCS(=O)(=O)C2)CC1. The minimum Gasteiger partial charge on any atom is -0.355 e. The summed E-state index contributed by atoms with van der Waals surface area (Å²) in [5.41, 5.74) is 0. The van der Waals surface area contributed by atoms with E-state index in [9.17, 15) is 13.2 Å². The average molecular weight is 316 g/mol. The second-order valence-electron chi connectivity index (χ2n) is 6.84. The Bertz CT molecular complexity index is 456. The lowest BCUT2D eigenvalue weighted by molar-refractivity contribution is -0.122. The van der Waals surface area contributed by atoms with E-state index in [1.165, 1.54) is 12.8 Å². The van der Waals surface area contributed by atoms with Crippen LogP contribution in [0.3, 0.4) is 0 Å². The van der Waals surface area contributed by atoms with Gasteiger partial charge in [0.1, 0.15) is 0 Å². The Kier molecular flexibility index (Phi) is 5.66. The fourth-order valence-electron chi connectivity index (χ4n) is 3.23. The Morgan fingerprint density at radius 2 is 1.95 bits per heavy atom. The first-order chi connectivity index (χ1) is 9.85. The Morgan fingerprint density at radius 1 is 1.29 bits per heavy atom. The van der Waals surface area contributed by atoms with Crippen molar-refractivity contribution in [3.8, 4) is 0 Å². The van der Waals surface area contributed by atoms with E-state index in [2.05, 4.69) is 24.1 Å². The number of hydrogen-bond acceptors (Lipinski definition) is 4. The van der Waals surface area contributed by atoms with Gasteiger partial charge in [0.2, 0.25) is 5.91 Å². The molecule has 1 N–H and O–H groups in total. The topological polar surface area (TPSA) is 66.5 Å². The lowest BCUT2D eigenvalue weighted by atomic mass is 9.98. The van der Waals surface area contributed by atoms with Gasteiger partial charge in [-0.25, -0.2) is 8.42 Å². The van der Waals surface area contributed by atoms with Gasteiger partial charge in [0, 0.05) is 19.0 Å². The van der Waals surface area contributed by atoms with Crippen LogP contribution in [-0.4, -0.2) is 56.4 Å². The molecule has 2 atom stereocenters.